The molecule has 0 saturated carbocycles. The topological polar surface area (TPSA) is 41.1 Å². The summed E-state index contributed by atoms with van der Waals surface area (Å²) in [7, 11) is 0. The van der Waals surface area contributed by atoms with E-state index in [1.54, 1.807) is 22.7 Å². The molecule has 1 aliphatic heterocycles. The minimum atomic E-state index is 0.148. The van der Waals surface area contributed by atoms with Crippen LogP contribution in [0, 0.1) is 0 Å². The molecule has 20 heavy (non-hydrogen) atoms. The maximum Gasteiger partial charge on any atom is 0.220 e. The predicted octanol–water partition coefficient (Wildman–Crippen LogP) is 3.42. The lowest BCUT2D eigenvalue weighted by atomic mass is 10.0. The summed E-state index contributed by atoms with van der Waals surface area (Å²) in [6.45, 7) is 0.694. The van der Waals surface area contributed by atoms with Crippen molar-refractivity contribution in [1.29, 1.82) is 0 Å². The summed E-state index contributed by atoms with van der Waals surface area (Å²) in [6.07, 6.45) is 1.48. The van der Waals surface area contributed by atoms with E-state index >= 15 is 0 Å². The Kier molecular flexibility index (Phi) is 4.41. The molecule has 2 N–H and O–H groups in total. The van der Waals surface area contributed by atoms with Gasteiger partial charge in [-0.1, -0.05) is 17.7 Å². The largest absolute Gasteiger partial charge is 0.355 e. The van der Waals surface area contributed by atoms with Gasteiger partial charge in [0, 0.05) is 28.8 Å². The number of rotatable bonds is 4. The Bertz CT molecular complexity index is 572. The van der Waals surface area contributed by atoms with Crippen molar-refractivity contribution in [3.63, 3.8) is 0 Å². The molecule has 0 bridgehead atoms. The first-order valence-electron chi connectivity index (χ1n) is 6.54. The maximum atomic E-state index is 11.2. The second-order valence-corrected chi connectivity index (χ2v) is 7.52. The zero-order valence-electron chi connectivity index (χ0n) is 10.8. The van der Waals surface area contributed by atoms with Crippen LogP contribution in [0.2, 0.25) is 4.34 Å². The molecule has 0 spiro atoms. The van der Waals surface area contributed by atoms with Crippen molar-refractivity contribution in [3.8, 4) is 0 Å². The standard InChI is InChI=1S/C14H15ClN2OS2/c15-12-5-4-11(20-12)14(10-2-1-7-19-10)17-9-3-6-13(18)16-8-9/h1-2,4-5,7,9,14,17H,3,6,8H2,(H,16,18). The quantitative estimate of drug-likeness (QED) is 0.904. The zero-order valence-corrected chi connectivity index (χ0v) is 13.2. The summed E-state index contributed by atoms with van der Waals surface area (Å²) in [5, 5.41) is 8.66. The summed E-state index contributed by atoms with van der Waals surface area (Å²) >= 11 is 9.41. The average molecular weight is 327 g/mol. The Hall–Kier alpha value is -0.880. The highest BCUT2D eigenvalue weighted by atomic mass is 35.5. The van der Waals surface area contributed by atoms with Crippen LogP contribution in [0.1, 0.15) is 28.6 Å². The van der Waals surface area contributed by atoms with Crippen molar-refractivity contribution in [2.75, 3.05) is 6.54 Å². The van der Waals surface area contributed by atoms with Gasteiger partial charge in [0.2, 0.25) is 5.91 Å². The minimum Gasteiger partial charge on any atom is -0.355 e. The summed E-state index contributed by atoms with van der Waals surface area (Å²) in [6, 6.07) is 8.68. The predicted molar refractivity (Wildman–Crippen MR) is 84.7 cm³/mol. The average Bonchev–Trinajstić information content (AvgIpc) is 3.09. The lowest BCUT2D eigenvalue weighted by molar-refractivity contribution is -0.122. The van der Waals surface area contributed by atoms with Crippen molar-refractivity contribution in [1.82, 2.24) is 10.6 Å². The molecule has 3 nitrogen and oxygen atoms in total. The third kappa shape index (κ3) is 3.23. The third-order valence-electron chi connectivity index (χ3n) is 3.37. The van der Waals surface area contributed by atoms with Gasteiger partial charge in [-0.05, 0) is 30.0 Å². The molecule has 1 amide bonds. The summed E-state index contributed by atoms with van der Waals surface area (Å²) < 4.78 is 0.806. The van der Waals surface area contributed by atoms with Crippen molar-refractivity contribution >= 4 is 40.2 Å². The fraction of sp³-hybridized carbons (Fsp3) is 0.357. The normalized spacial score (nSPS) is 20.6. The van der Waals surface area contributed by atoms with Crippen LogP contribution in [0.15, 0.2) is 29.6 Å². The number of nitrogens with one attached hydrogen (secondary N) is 2. The number of halogens is 1. The van der Waals surface area contributed by atoms with Crippen molar-refractivity contribution in [2.45, 2.75) is 24.9 Å². The van der Waals surface area contributed by atoms with Gasteiger partial charge in [-0.3, -0.25) is 4.79 Å². The van der Waals surface area contributed by atoms with Crippen LogP contribution in [0.25, 0.3) is 0 Å². The van der Waals surface area contributed by atoms with Crippen LogP contribution in [-0.4, -0.2) is 18.5 Å². The zero-order chi connectivity index (χ0) is 13.9. The highest BCUT2D eigenvalue weighted by Gasteiger charge is 2.24. The number of carbonyl (C=O) groups is 1. The Morgan fingerprint density at radius 1 is 1.35 bits per heavy atom. The first-order valence-corrected chi connectivity index (χ1v) is 8.61. The van der Waals surface area contributed by atoms with Crippen LogP contribution >= 0.6 is 34.3 Å². The summed E-state index contributed by atoms with van der Waals surface area (Å²) in [4.78, 5) is 13.7. The van der Waals surface area contributed by atoms with E-state index in [4.69, 9.17) is 11.6 Å². The number of thiophene rings is 2. The van der Waals surface area contributed by atoms with Gasteiger partial charge >= 0.3 is 0 Å². The van der Waals surface area contributed by atoms with Gasteiger partial charge in [0.1, 0.15) is 0 Å². The monoisotopic (exact) mass is 326 g/mol. The van der Waals surface area contributed by atoms with Gasteiger partial charge in [-0.2, -0.15) is 0 Å². The van der Waals surface area contributed by atoms with E-state index in [1.165, 1.54) is 9.75 Å². The van der Waals surface area contributed by atoms with Crippen molar-refractivity contribution < 1.29 is 4.79 Å². The van der Waals surface area contributed by atoms with Gasteiger partial charge < -0.3 is 10.6 Å². The van der Waals surface area contributed by atoms with E-state index in [-0.39, 0.29) is 11.9 Å². The van der Waals surface area contributed by atoms with Crippen LogP contribution < -0.4 is 10.6 Å². The summed E-state index contributed by atoms with van der Waals surface area (Å²) in [5.41, 5.74) is 0. The molecule has 1 aliphatic rings. The van der Waals surface area contributed by atoms with E-state index in [0.717, 1.165) is 10.8 Å². The lowest BCUT2D eigenvalue weighted by Crippen LogP contribution is -2.46. The van der Waals surface area contributed by atoms with E-state index in [0.29, 0.717) is 19.0 Å². The number of hydrogen-bond donors (Lipinski definition) is 2. The van der Waals surface area contributed by atoms with Gasteiger partial charge in [-0.15, -0.1) is 22.7 Å². The number of hydrogen-bond acceptors (Lipinski definition) is 4. The van der Waals surface area contributed by atoms with Crippen LogP contribution in [0.4, 0.5) is 0 Å². The molecule has 0 aliphatic carbocycles. The fourth-order valence-corrected chi connectivity index (χ4v) is 4.37. The molecule has 6 heteroatoms. The number of amides is 1. The highest BCUT2D eigenvalue weighted by Crippen LogP contribution is 2.33. The van der Waals surface area contributed by atoms with Crippen molar-refractivity contribution in [3.05, 3.63) is 43.7 Å². The van der Waals surface area contributed by atoms with Gasteiger partial charge in [-0.25, -0.2) is 0 Å². The van der Waals surface area contributed by atoms with E-state index in [2.05, 4.69) is 34.2 Å². The smallest absolute Gasteiger partial charge is 0.220 e. The van der Waals surface area contributed by atoms with E-state index in [9.17, 15) is 4.79 Å². The Labute approximate surface area is 131 Å². The molecular weight excluding hydrogens is 312 g/mol. The minimum absolute atomic E-state index is 0.148. The molecule has 2 atom stereocenters. The van der Waals surface area contributed by atoms with E-state index in [1.807, 2.05) is 6.07 Å². The number of carbonyl (C=O) groups excluding carboxylic acids is 1. The Morgan fingerprint density at radius 3 is 2.85 bits per heavy atom. The molecule has 0 aromatic carbocycles. The van der Waals surface area contributed by atoms with Gasteiger partial charge in [0.15, 0.2) is 0 Å². The van der Waals surface area contributed by atoms with Gasteiger partial charge in [0.05, 0.1) is 10.4 Å². The fourth-order valence-electron chi connectivity index (χ4n) is 2.35. The number of piperidine rings is 1. The lowest BCUT2D eigenvalue weighted by Gasteiger charge is -2.28. The van der Waals surface area contributed by atoms with Crippen LogP contribution in [-0.2, 0) is 4.79 Å². The molecular formula is C14H15ClN2OS2. The molecule has 3 heterocycles. The van der Waals surface area contributed by atoms with Gasteiger partial charge in [0.25, 0.3) is 0 Å². The molecule has 0 radical (unpaired) electrons. The molecule has 3 rings (SSSR count). The second-order valence-electron chi connectivity index (χ2n) is 4.80. The molecule has 2 aromatic rings. The molecule has 2 unspecified atom stereocenters. The third-order valence-corrected chi connectivity index (χ3v) is 5.61. The Balaban J connectivity index is 1.78. The van der Waals surface area contributed by atoms with E-state index < -0.39 is 0 Å². The first-order chi connectivity index (χ1) is 9.72. The van der Waals surface area contributed by atoms with Crippen LogP contribution in [0.3, 0.4) is 0 Å². The van der Waals surface area contributed by atoms with Crippen LogP contribution in [0.5, 0.6) is 0 Å². The SMILES string of the molecule is O=C1CCC(NC(c2cccs2)c2ccc(Cl)s2)CN1. The molecule has 1 saturated heterocycles. The first kappa shape index (κ1) is 14.1. The second kappa shape index (κ2) is 6.26. The molecule has 1 fully saturated rings. The summed E-state index contributed by atoms with van der Waals surface area (Å²) in [5.74, 6) is 0.148. The molecule has 2 aromatic heterocycles. The molecule has 106 valence electrons. The highest BCUT2D eigenvalue weighted by molar-refractivity contribution is 7.16. The Morgan fingerprint density at radius 2 is 2.25 bits per heavy atom. The van der Waals surface area contributed by atoms with Crippen molar-refractivity contribution in [2.24, 2.45) is 0 Å². The maximum absolute atomic E-state index is 11.2.